The van der Waals surface area contributed by atoms with Gasteiger partial charge in [0.05, 0.1) is 0 Å². The van der Waals surface area contributed by atoms with Crippen molar-refractivity contribution in [3.8, 4) is 0 Å². The lowest BCUT2D eigenvalue weighted by molar-refractivity contribution is -0.144. The zero-order chi connectivity index (χ0) is 14.7. The molecule has 0 spiro atoms. The van der Waals surface area contributed by atoms with Gasteiger partial charge in [0.2, 0.25) is 0 Å². The molecule has 0 saturated carbocycles. The molecule has 2 fully saturated rings. The summed E-state index contributed by atoms with van der Waals surface area (Å²) in [6.45, 7) is 5.84. The fourth-order valence-corrected chi connectivity index (χ4v) is 3.74. The third-order valence-electron chi connectivity index (χ3n) is 5.25. The molecule has 1 aromatic heterocycles. The van der Waals surface area contributed by atoms with E-state index in [9.17, 15) is 4.79 Å². The fourth-order valence-electron chi connectivity index (χ4n) is 3.74. The largest absolute Gasteiger partial charge is 0.341 e. The van der Waals surface area contributed by atoms with E-state index in [2.05, 4.69) is 22.2 Å². The second kappa shape index (κ2) is 7.47. The highest BCUT2D eigenvalue weighted by Gasteiger charge is 2.44. The number of amides is 1. The van der Waals surface area contributed by atoms with Crippen LogP contribution in [0.5, 0.6) is 0 Å². The van der Waals surface area contributed by atoms with Crippen LogP contribution in [0.25, 0.3) is 0 Å². The van der Waals surface area contributed by atoms with Crippen LogP contribution < -0.4 is 5.32 Å². The number of aromatic nitrogens is 2. The maximum absolute atomic E-state index is 13.2. The summed E-state index contributed by atoms with van der Waals surface area (Å²) in [6, 6.07) is 1.92. The summed E-state index contributed by atoms with van der Waals surface area (Å²) < 4.78 is 1.90. The molecule has 3 rings (SSSR count). The van der Waals surface area contributed by atoms with Gasteiger partial charge in [-0.25, -0.2) is 0 Å². The predicted octanol–water partition coefficient (Wildman–Crippen LogP) is 2.03. The minimum Gasteiger partial charge on any atom is -0.341 e. The van der Waals surface area contributed by atoms with Gasteiger partial charge in [-0.1, -0.05) is 13.3 Å². The molecule has 6 heteroatoms. The molecule has 2 aliphatic heterocycles. The monoisotopic (exact) mass is 326 g/mol. The smallest absolute Gasteiger partial charge is 0.250 e. The summed E-state index contributed by atoms with van der Waals surface area (Å²) in [5.74, 6) is 1.07. The van der Waals surface area contributed by atoms with E-state index in [1.54, 1.807) is 6.20 Å². The third-order valence-corrected chi connectivity index (χ3v) is 5.25. The standard InChI is InChI=1S/C16H26N4O.ClH/c1-2-14-4-12-19(13-5-14)15(21)16(6-9-17-10-7-16)20-11-3-8-18-20;/h3,8,11,14,17H,2,4-7,9-10,12-13H2,1H3;1H. The molecule has 2 saturated heterocycles. The van der Waals surface area contributed by atoms with Gasteiger partial charge in [-0.2, -0.15) is 5.10 Å². The number of nitrogens with one attached hydrogen (secondary N) is 1. The van der Waals surface area contributed by atoms with Crippen LogP contribution in [0.1, 0.15) is 39.0 Å². The number of hydrogen-bond donors (Lipinski definition) is 1. The summed E-state index contributed by atoms with van der Waals surface area (Å²) in [7, 11) is 0. The molecule has 5 nitrogen and oxygen atoms in total. The molecule has 0 radical (unpaired) electrons. The molecule has 3 heterocycles. The minimum absolute atomic E-state index is 0. The molecule has 124 valence electrons. The Kier molecular flexibility index (Phi) is 5.87. The first-order chi connectivity index (χ1) is 10.3. The molecule has 0 aromatic carbocycles. The molecule has 0 aliphatic carbocycles. The van der Waals surface area contributed by atoms with Gasteiger partial charge in [0, 0.05) is 25.5 Å². The molecule has 22 heavy (non-hydrogen) atoms. The number of rotatable bonds is 3. The van der Waals surface area contributed by atoms with Gasteiger partial charge in [-0.05, 0) is 50.8 Å². The highest BCUT2D eigenvalue weighted by atomic mass is 35.5. The number of piperidine rings is 2. The number of likely N-dealkylation sites (tertiary alicyclic amines) is 1. The number of carbonyl (C=O) groups is 1. The van der Waals surface area contributed by atoms with E-state index in [0.717, 1.165) is 57.8 Å². The number of carbonyl (C=O) groups excluding carboxylic acids is 1. The van der Waals surface area contributed by atoms with Gasteiger partial charge < -0.3 is 10.2 Å². The van der Waals surface area contributed by atoms with E-state index in [-0.39, 0.29) is 18.3 Å². The van der Waals surface area contributed by atoms with Crippen molar-refractivity contribution >= 4 is 18.3 Å². The number of halogens is 1. The Bertz CT molecular complexity index is 463. The van der Waals surface area contributed by atoms with E-state index >= 15 is 0 Å². The summed E-state index contributed by atoms with van der Waals surface area (Å²) >= 11 is 0. The van der Waals surface area contributed by atoms with Crippen LogP contribution in [-0.4, -0.2) is 46.8 Å². The van der Waals surface area contributed by atoms with Gasteiger partial charge in [0.25, 0.3) is 5.91 Å². The highest BCUT2D eigenvalue weighted by molar-refractivity contribution is 5.85. The van der Waals surface area contributed by atoms with Crippen molar-refractivity contribution in [2.45, 2.75) is 44.6 Å². The normalized spacial score (nSPS) is 22.1. The van der Waals surface area contributed by atoms with Gasteiger partial charge >= 0.3 is 0 Å². The molecule has 0 atom stereocenters. The Labute approximate surface area is 138 Å². The van der Waals surface area contributed by atoms with Crippen LogP contribution in [0, 0.1) is 5.92 Å². The van der Waals surface area contributed by atoms with Crippen molar-refractivity contribution in [2.24, 2.45) is 5.92 Å². The number of nitrogens with zero attached hydrogens (tertiary/aromatic N) is 3. The Balaban J connectivity index is 0.00000176. The molecular weight excluding hydrogens is 300 g/mol. The highest BCUT2D eigenvalue weighted by Crippen LogP contribution is 2.31. The molecular formula is C16H27ClN4O. The van der Waals surface area contributed by atoms with Crippen LogP contribution in [0.15, 0.2) is 18.5 Å². The second-order valence-corrected chi connectivity index (χ2v) is 6.38. The summed E-state index contributed by atoms with van der Waals surface area (Å²) in [5, 5.41) is 7.76. The van der Waals surface area contributed by atoms with Gasteiger partial charge in [0.1, 0.15) is 5.54 Å². The van der Waals surface area contributed by atoms with Gasteiger partial charge in [-0.15, -0.1) is 12.4 Å². The first kappa shape index (κ1) is 17.3. The average molecular weight is 327 g/mol. The molecule has 0 bridgehead atoms. The SMILES string of the molecule is CCC1CCN(C(=O)C2(n3cccn3)CCNCC2)CC1.Cl. The Morgan fingerprint density at radius 2 is 2.00 bits per heavy atom. The van der Waals surface area contributed by atoms with Crippen molar-refractivity contribution in [3.63, 3.8) is 0 Å². The third kappa shape index (κ3) is 3.15. The van der Waals surface area contributed by atoms with Crippen LogP contribution in [-0.2, 0) is 10.3 Å². The van der Waals surface area contributed by atoms with Crippen molar-refractivity contribution in [1.82, 2.24) is 20.0 Å². The second-order valence-electron chi connectivity index (χ2n) is 6.38. The Morgan fingerprint density at radius 3 is 2.55 bits per heavy atom. The summed E-state index contributed by atoms with van der Waals surface area (Å²) in [6.07, 6.45) is 8.92. The summed E-state index contributed by atoms with van der Waals surface area (Å²) in [5.41, 5.74) is -0.464. The van der Waals surface area contributed by atoms with Crippen LogP contribution in [0.2, 0.25) is 0 Å². The molecule has 1 N–H and O–H groups in total. The average Bonchev–Trinajstić information content (AvgIpc) is 3.10. The molecule has 1 aromatic rings. The van der Waals surface area contributed by atoms with E-state index < -0.39 is 5.54 Å². The number of hydrogen-bond acceptors (Lipinski definition) is 3. The van der Waals surface area contributed by atoms with Gasteiger partial charge in [-0.3, -0.25) is 9.48 Å². The Morgan fingerprint density at radius 1 is 1.32 bits per heavy atom. The first-order valence-electron chi connectivity index (χ1n) is 8.26. The van der Waals surface area contributed by atoms with Gasteiger partial charge in [0.15, 0.2) is 0 Å². The lowest BCUT2D eigenvalue weighted by atomic mass is 9.85. The predicted molar refractivity (Wildman–Crippen MR) is 89.1 cm³/mol. The fraction of sp³-hybridized carbons (Fsp3) is 0.750. The first-order valence-corrected chi connectivity index (χ1v) is 8.26. The van der Waals surface area contributed by atoms with Crippen molar-refractivity contribution in [2.75, 3.05) is 26.2 Å². The van der Waals surface area contributed by atoms with Crippen LogP contribution >= 0.6 is 12.4 Å². The van der Waals surface area contributed by atoms with E-state index in [1.165, 1.54) is 6.42 Å². The van der Waals surface area contributed by atoms with Crippen LogP contribution in [0.4, 0.5) is 0 Å². The lowest BCUT2D eigenvalue weighted by Gasteiger charge is -2.42. The molecule has 0 unspecified atom stereocenters. The van der Waals surface area contributed by atoms with E-state index in [4.69, 9.17) is 0 Å². The topological polar surface area (TPSA) is 50.2 Å². The Hall–Kier alpha value is -1.07. The molecule has 1 amide bonds. The lowest BCUT2D eigenvalue weighted by Crippen LogP contribution is -2.57. The maximum atomic E-state index is 13.2. The van der Waals surface area contributed by atoms with E-state index in [1.807, 2.05) is 16.9 Å². The zero-order valence-corrected chi connectivity index (χ0v) is 14.1. The van der Waals surface area contributed by atoms with Crippen molar-refractivity contribution in [1.29, 1.82) is 0 Å². The zero-order valence-electron chi connectivity index (χ0n) is 13.3. The maximum Gasteiger partial charge on any atom is 0.250 e. The quantitative estimate of drug-likeness (QED) is 0.924. The van der Waals surface area contributed by atoms with E-state index in [0.29, 0.717) is 0 Å². The minimum atomic E-state index is -0.464. The summed E-state index contributed by atoms with van der Waals surface area (Å²) in [4.78, 5) is 15.3. The van der Waals surface area contributed by atoms with Crippen LogP contribution in [0.3, 0.4) is 0 Å². The van der Waals surface area contributed by atoms with Crippen molar-refractivity contribution in [3.05, 3.63) is 18.5 Å². The molecule has 2 aliphatic rings. The van der Waals surface area contributed by atoms with Crippen molar-refractivity contribution < 1.29 is 4.79 Å².